The van der Waals surface area contributed by atoms with Crippen LogP contribution in [0.2, 0.25) is 0 Å². The minimum atomic E-state index is -0.137. The molecule has 1 fully saturated rings. The van der Waals surface area contributed by atoms with E-state index in [1.54, 1.807) is 0 Å². The number of halogens is 1. The predicted molar refractivity (Wildman–Crippen MR) is 94.5 cm³/mol. The van der Waals surface area contributed by atoms with Crippen molar-refractivity contribution in [1.82, 2.24) is 16.2 Å². The van der Waals surface area contributed by atoms with E-state index < -0.39 is 0 Å². The minimum absolute atomic E-state index is 0.0115. The van der Waals surface area contributed by atoms with E-state index in [0.717, 1.165) is 15.6 Å². The van der Waals surface area contributed by atoms with Gasteiger partial charge in [-0.15, -0.1) is 0 Å². The summed E-state index contributed by atoms with van der Waals surface area (Å²) in [6.45, 7) is 2.62. The van der Waals surface area contributed by atoms with E-state index in [1.807, 2.05) is 61.5 Å². The van der Waals surface area contributed by atoms with Gasteiger partial charge < -0.3 is 5.32 Å². The Labute approximate surface area is 144 Å². The number of hydrazine groups is 1. The van der Waals surface area contributed by atoms with Crippen LogP contribution in [-0.4, -0.2) is 12.5 Å². The van der Waals surface area contributed by atoms with Crippen molar-refractivity contribution >= 4 is 21.8 Å². The van der Waals surface area contributed by atoms with Gasteiger partial charge in [-0.3, -0.25) is 10.2 Å². The SMILES string of the molecule is CC(NC(=O)C1CNNC1c1ccccc1)c1ccccc1Br. The summed E-state index contributed by atoms with van der Waals surface area (Å²) >= 11 is 3.54. The molecule has 1 heterocycles. The number of carbonyl (C=O) groups excluding carboxylic acids is 1. The molecule has 0 aliphatic carbocycles. The normalized spacial score (nSPS) is 21.8. The van der Waals surface area contributed by atoms with E-state index in [0.29, 0.717) is 6.54 Å². The molecular formula is C18H20BrN3O. The molecule has 0 aromatic heterocycles. The van der Waals surface area contributed by atoms with Crippen LogP contribution in [0, 0.1) is 5.92 Å². The molecule has 1 aliphatic heterocycles. The summed E-state index contributed by atoms with van der Waals surface area (Å²) in [6.07, 6.45) is 0. The van der Waals surface area contributed by atoms with Crippen molar-refractivity contribution < 1.29 is 4.79 Å². The van der Waals surface area contributed by atoms with E-state index in [-0.39, 0.29) is 23.9 Å². The summed E-state index contributed by atoms with van der Waals surface area (Å²) in [5.41, 5.74) is 8.51. The number of hydrogen-bond acceptors (Lipinski definition) is 3. The Balaban J connectivity index is 1.71. The van der Waals surface area contributed by atoms with Gasteiger partial charge in [-0.1, -0.05) is 64.5 Å². The second-order valence-corrected chi connectivity index (χ2v) is 6.63. The molecule has 2 aromatic carbocycles. The molecule has 1 aliphatic rings. The Morgan fingerprint density at radius 2 is 1.87 bits per heavy atom. The van der Waals surface area contributed by atoms with E-state index >= 15 is 0 Å². The largest absolute Gasteiger partial charge is 0.349 e. The van der Waals surface area contributed by atoms with Gasteiger partial charge in [0.05, 0.1) is 18.0 Å². The molecule has 0 bridgehead atoms. The molecule has 3 N–H and O–H groups in total. The molecule has 3 unspecified atom stereocenters. The third kappa shape index (κ3) is 3.63. The van der Waals surface area contributed by atoms with Crippen LogP contribution < -0.4 is 16.2 Å². The Morgan fingerprint density at radius 1 is 1.17 bits per heavy atom. The summed E-state index contributed by atoms with van der Waals surface area (Å²) in [6, 6.07) is 18.0. The molecular weight excluding hydrogens is 354 g/mol. The van der Waals surface area contributed by atoms with Crippen LogP contribution in [0.5, 0.6) is 0 Å². The standard InChI is InChI=1S/C18H20BrN3O/c1-12(14-9-5-6-10-16(14)19)21-18(23)15-11-20-22-17(15)13-7-3-2-4-8-13/h2-10,12,15,17,20,22H,11H2,1H3,(H,21,23). The molecule has 2 aromatic rings. The highest BCUT2D eigenvalue weighted by molar-refractivity contribution is 9.10. The number of rotatable bonds is 4. The summed E-state index contributed by atoms with van der Waals surface area (Å²) in [5, 5.41) is 3.13. The second kappa shape index (κ2) is 7.25. The van der Waals surface area contributed by atoms with Gasteiger partial charge in [0.15, 0.2) is 0 Å². The van der Waals surface area contributed by atoms with Crippen LogP contribution in [0.4, 0.5) is 0 Å². The molecule has 4 nitrogen and oxygen atoms in total. The van der Waals surface area contributed by atoms with E-state index in [9.17, 15) is 4.79 Å². The van der Waals surface area contributed by atoms with Gasteiger partial charge in [-0.2, -0.15) is 0 Å². The fraction of sp³-hybridized carbons (Fsp3) is 0.278. The molecule has 0 spiro atoms. The maximum Gasteiger partial charge on any atom is 0.226 e. The zero-order valence-electron chi connectivity index (χ0n) is 12.9. The van der Waals surface area contributed by atoms with Crippen molar-refractivity contribution in [2.24, 2.45) is 5.92 Å². The first-order chi connectivity index (χ1) is 11.2. The average Bonchev–Trinajstić information content (AvgIpc) is 3.05. The smallest absolute Gasteiger partial charge is 0.226 e. The van der Waals surface area contributed by atoms with Crippen molar-refractivity contribution in [3.05, 3.63) is 70.2 Å². The quantitative estimate of drug-likeness (QED) is 0.771. The molecule has 0 radical (unpaired) electrons. The molecule has 0 saturated carbocycles. The van der Waals surface area contributed by atoms with Crippen LogP contribution in [0.25, 0.3) is 0 Å². The Hall–Kier alpha value is -1.69. The van der Waals surface area contributed by atoms with Gasteiger partial charge in [-0.25, -0.2) is 5.43 Å². The highest BCUT2D eigenvalue weighted by Gasteiger charge is 2.34. The number of amides is 1. The lowest BCUT2D eigenvalue weighted by Crippen LogP contribution is -2.36. The topological polar surface area (TPSA) is 53.2 Å². The fourth-order valence-corrected chi connectivity index (χ4v) is 3.57. The Kier molecular flexibility index (Phi) is 5.10. The van der Waals surface area contributed by atoms with E-state index in [2.05, 4.69) is 32.1 Å². The summed E-state index contributed by atoms with van der Waals surface area (Å²) in [4.78, 5) is 12.7. The third-order valence-electron chi connectivity index (χ3n) is 4.21. The average molecular weight is 374 g/mol. The third-order valence-corrected chi connectivity index (χ3v) is 4.93. The van der Waals surface area contributed by atoms with Crippen LogP contribution in [0.15, 0.2) is 59.1 Å². The number of hydrogen-bond donors (Lipinski definition) is 3. The lowest BCUT2D eigenvalue weighted by Gasteiger charge is -2.22. The molecule has 23 heavy (non-hydrogen) atoms. The highest BCUT2D eigenvalue weighted by atomic mass is 79.9. The predicted octanol–water partition coefficient (Wildman–Crippen LogP) is 3.09. The molecule has 3 atom stereocenters. The fourth-order valence-electron chi connectivity index (χ4n) is 2.94. The monoisotopic (exact) mass is 373 g/mol. The first kappa shape index (κ1) is 16.2. The lowest BCUT2D eigenvalue weighted by molar-refractivity contribution is -0.125. The Morgan fingerprint density at radius 3 is 2.61 bits per heavy atom. The van der Waals surface area contributed by atoms with Crippen molar-refractivity contribution in [1.29, 1.82) is 0 Å². The number of benzene rings is 2. The molecule has 120 valence electrons. The van der Waals surface area contributed by atoms with E-state index in [1.165, 1.54) is 0 Å². The van der Waals surface area contributed by atoms with Gasteiger partial charge in [0.25, 0.3) is 0 Å². The van der Waals surface area contributed by atoms with Crippen LogP contribution in [0.1, 0.15) is 30.1 Å². The van der Waals surface area contributed by atoms with Gasteiger partial charge in [0.2, 0.25) is 5.91 Å². The van der Waals surface area contributed by atoms with E-state index in [4.69, 9.17) is 0 Å². The maximum atomic E-state index is 12.7. The molecule has 5 heteroatoms. The summed E-state index contributed by atoms with van der Waals surface area (Å²) < 4.78 is 1.01. The summed E-state index contributed by atoms with van der Waals surface area (Å²) in [7, 11) is 0. The Bertz CT molecular complexity index is 677. The van der Waals surface area contributed by atoms with Crippen molar-refractivity contribution in [2.75, 3.05) is 6.54 Å². The lowest BCUT2D eigenvalue weighted by atomic mass is 9.93. The molecule has 3 rings (SSSR count). The molecule has 1 amide bonds. The highest BCUT2D eigenvalue weighted by Crippen LogP contribution is 2.27. The summed E-state index contributed by atoms with van der Waals surface area (Å²) in [5.74, 6) is -0.0815. The van der Waals surface area contributed by atoms with Crippen molar-refractivity contribution in [2.45, 2.75) is 19.0 Å². The number of nitrogens with one attached hydrogen (secondary N) is 3. The van der Waals surface area contributed by atoms with Crippen LogP contribution in [-0.2, 0) is 4.79 Å². The maximum absolute atomic E-state index is 12.7. The van der Waals surface area contributed by atoms with Gasteiger partial charge >= 0.3 is 0 Å². The van der Waals surface area contributed by atoms with Crippen molar-refractivity contribution in [3.8, 4) is 0 Å². The zero-order chi connectivity index (χ0) is 16.2. The number of carbonyl (C=O) groups is 1. The van der Waals surface area contributed by atoms with Crippen molar-refractivity contribution in [3.63, 3.8) is 0 Å². The zero-order valence-corrected chi connectivity index (χ0v) is 14.5. The van der Waals surface area contributed by atoms with Gasteiger partial charge in [-0.05, 0) is 24.1 Å². The second-order valence-electron chi connectivity index (χ2n) is 5.77. The van der Waals surface area contributed by atoms with Crippen LogP contribution in [0.3, 0.4) is 0 Å². The van der Waals surface area contributed by atoms with Crippen LogP contribution >= 0.6 is 15.9 Å². The minimum Gasteiger partial charge on any atom is -0.349 e. The van der Waals surface area contributed by atoms with Gasteiger partial charge in [0, 0.05) is 11.0 Å². The first-order valence-corrected chi connectivity index (χ1v) is 8.54. The first-order valence-electron chi connectivity index (χ1n) is 7.75. The molecule has 1 saturated heterocycles. The van der Waals surface area contributed by atoms with Gasteiger partial charge in [0.1, 0.15) is 0 Å².